The lowest BCUT2D eigenvalue weighted by atomic mass is 9.96. The molecule has 1 fully saturated rings. The summed E-state index contributed by atoms with van der Waals surface area (Å²) in [7, 11) is 0. The summed E-state index contributed by atoms with van der Waals surface area (Å²) in [6, 6.07) is 6.84. The van der Waals surface area contributed by atoms with E-state index in [1.54, 1.807) is 0 Å². The van der Waals surface area contributed by atoms with E-state index in [-0.39, 0.29) is 41.8 Å². The van der Waals surface area contributed by atoms with Crippen molar-refractivity contribution < 1.29 is 9.50 Å². The summed E-state index contributed by atoms with van der Waals surface area (Å²) in [5.41, 5.74) is 1.25. The fraction of sp³-hybridized carbons (Fsp3) is 0.650. The van der Waals surface area contributed by atoms with Gasteiger partial charge in [0, 0.05) is 25.1 Å². The minimum Gasteiger partial charge on any atom is -0.396 e. The van der Waals surface area contributed by atoms with Crippen LogP contribution in [0.25, 0.3) is 0 Å². The molecule has 0 saturated heterocycles. The van der Waals surface area contributed by atoms with Crippen LogP contribution in [0, 0.1) is 11.7 Å². The Kier molecular flexibility index (Phi) is 10.5. The van der Waals surface area contributed by atoms with Crippen LogP contribution in [0.1, 0.15) is 51.5 Å². The maximum Gasteiger partial charge on any atom is 0.191 e. The smallest absolute Gasteiger partial charge is 0.191 e. The van der Waals surface area contributed by atoms with Gasteiger partial charge >= 0.3 is 0 Å². The minimum atomic E-state index is -0.191. The second-order valence-corrected chi connectivity index (χ2v) is 7.03. The number of hydrogen-bond acceptors (Lipinski definition) is 2. The molecule has 0 heterocycles. The Hall–Kier alpha value is -0.890. The summed E-state index contributed by atoms with van der Waals surface area (Å²) in [6.45, 7) is 6.81. The highest BCUT2D eigenvalue weighted by Crippen LogP contribution is 2.48. The third-order valence-corrected chi connectivity index (χ3v) is 4.99. The first-order valence-electron chi connectivity index (χ1n) is 9.52. The van der Waals surface area contributed by atoms with E-state index in [9.17, 15) is 9.50 Å². The molecule has 1 atom stereocenters. The van der Waals surface area contributed by atoms with Crippen LogP contribution >= 0.6 is 24.0 Å². The van der Waals surface area contributed by atoms with Gasteiger partial charge in [-0.2, -0.15) is 0 Å². The Labute approximate surface area is 174 Å². The summed E-state index contributed by atoms with van der Waals surface area (Å²) in [5.74, 6) is 1.10. The third kappa shape index (κ3) is 7.02. The number of aliphatic hydroxyl groups is 1. The Morgan fingerprint density at radius 3 is 2.42 bits per heavy atom. The van der Waals surface area contributed by atoms with E-state index < -0.39 is 0 Å². The number of rotatable bonds is 10. The van der Waals surface area contributed by atoms with Gasteiger partial charge in [-0.25, -0.2) is 4.39 Å². The van der Waals surface area contributed by atoms with E-state index in [1.165, 1.54) is 17.7 Å². The van der Waals surface area contributed by atoms with Crippen molar-refractivity contribution in [3.63, 3.8) is 0 Å². The lowest BCUT2D eigenvalue weighted by Gasteiger charge is -2.19. The highest BCUT2D eigenvalue weighted by Gasteiger charge is 2.44. The molecule has 1 aromatic carbocycles. The Morgan fingerprint density at radius 2 is 1.88 bits per heavy atom. The molecule has 148 valence electrons. The second kappa shape index (κ2) is 11.7. The van der Waals surface area contributed by atoms with Crippen LogP contribution in [0.4, 0.5) is 4.39 Å². The first-order valence-corrected chi connectivity index (χ1v) is 9.52. The summed E-state index contributed by atoms with van der Waals surface area (Å²) in [5, 5.41) is 15.9. The van der Waals surface area contributed by atoms with Crippen molar-refractivity contribution >= 4 is 29.9 Å². The zero-order valence-corrected chi connectivity index (χ0v) is 18.3. The molecule has 1 saturated carbocycles. The van der Waals surface area contributed by atoms with E-state index in [2.05, 4.69) is 24.5 Å². The van der Waals surface area contributed by atoms with E-state index >= 15 is 0 Å². The zero-order chi connectivity index (χ0) is 18.1. The molecule has 1 aliphatic rings. The summed E-state index contributed by atoms with van der Waals surface area (Å²) in [6.07, 6.45) is 5.25. The molecule has 0 radical (unpaired) electrons. The van der Waals surface area contributed by atoms with Crippen LogP contribution in [0.2, 0.25) is 0 Å². The van der Waals surface area contributed by atoms with E-state index in [0.717, 1.165) is 51.2 Å². The van der Waals surface area contributed by atoms with Crippen molar-refractivity contribution in [2.45, 2.75) is 51.4 Å². The van der Waals surface area contributed by atoms with Gasteiger partial charge < -0.3 is 15.7 Å². The number of aliphatic imine (C=N–C) groups is 1. The Morgan fingerprint density at radius 1 is 1.19 bits per heavy atom. The van der Waals surface area contributed by atoms with Crippen LogP contribution < -0.4 is 10.6 Å². The van der Waals surface area contributed by atoms with Crippen LogP contribution in [0.15, 0.2) is 29.3 Å². The van der Waals surface area contributed by atoms with Gasteiger partial charge in [0.05, 0.1) is 6.54 Å². The first kappa shape index (κ1) is 23.1. The summed E-state index contributed by atoms with van der Waals surface area (Å²) in [4.78, 5) is 4.78. The lowest BCUT2D eigenvalue weighted by molar-refractivity contribution is 0.251. The van der Waals surface area contributed by atoms with Gasteiger partial charge in [0.2, 0.25) is 0 Å². The van der Waals surface area contributed by atoms with Crippen molar-refractivity contribution in [2.24, 2.45) is 10.9 Å². The highest BCUT2D eigenvalue weighted by atomic mass is 127. The Balaban J connectivity index is 0.00000338. The predicted molar refractivity (Wildman–Crippen MR) is 117 cm³/mol. The van der Waals surface area contributed by atoms with Crippen molar-refractivity contribution in [1.29, 1.82) is 0 Å². The molecule has 6 heteroatoms. The van der Waals surface area contributed by atoms with Crippen LogP contribution in [0.5, 0.6) is 0 Å². The lowest BCUT2D eigenvalue weighted by Crippen LogP contribution is -2.40. The summed E-state index contributed by atoms with van der Waals surface area (Å²) >= 11 is 0. The van der Waals surface area contributed by atoms with Crippen molar-refractivity contribution in [1.82, 2.24) is 10.6 Å². The van der Waals surface area contributed by atoms with E-state index in [1.807, 2.05) is 12.1 Å². The van der Waals surface area contributed by atoms with Gasteiger partial charge in [0.25, 0.3) is 0 Å². The van der Waals surface area contributed by atoms with Gasteiger partial charge in [0.1, 0.15) is 5.82 Å². The molecule has 26 heavy (non-hydrogen) atoms. The zero-order valence-electron chi connectivity index (χ0n) is 15.9. The Bertz CT molecular complexity index is 540. The molecule has 1 aromatic rings. The van der Waals surface area contributed by atoms with Crippen molar-refractivity contribution in [3.05, 3.63) is 35.6 Å². The normalized spacial score (nSPS) is 16.5. The molecular weight excluding hydrogens is 444 g/mol. The summed E-state index contributed by atoms with van der Waals surface area (Å²) < 4.78 is 13.1. The quantitative estimate of drug-likeness (QED) is 0.273. The average Bonchev–Trinajstić information content (AvgIpc) is 3.39. The maximum atomic E-state index is 13.1. The molecule has 2 rings (SSSR count). The van der Waals surface area contributed by atoms with Crippen LogP contribution in [-0.4, -0.2) is 37.3 Å². The molecule has 0 amide bonds. The average molecular weight is 477 g/mol. The van der Waals surface area contributed by atoms with Crippen LogP contribution in [0.3, 0.4) is 0 Å². The number of benzene rings is 1. The minimum absolute atomic E-state index is 0. The third-order valence-electron chi connectivity index (χ3n) is 4.99. The molecular formula is C20H33FIN3O. The fourth-order valence-corrected chi connectivity index (χ4v) is 3.24. The molecule has 4 nitrogen and oxygen atoms in total. The van der Waals surface area contributed by atoms with Gasteiger partial charge in [-0.15, -0.1) is 24.0 Å². The second-order valence-electron chi connectivity index (χ2n) is 7.03. The molecule has 3 N–H and O–H groups in total. The van der Waals surface area contributed by atoms with Crippen LogP contribution in [-0.2, 0) is 5.41 Å². The number of nitrogens with one attached hydrogen (secondary N) is 2. The molecule has 0 aromatic heterocycles. The molecule has 0 aliphatic heterocycles. The number of nitrogens with zero attached hydrogens (tertiary/aromatic N) is 1. The number of halogens is 2. The predicted octanol–water partition coefficient (Wildman–Crippen LogP) is 3.83. The topological polar surface area (TPSA) is 56.6 Å². The monoisotopic (exact) mass is 477 g/mol. The molecule has 1 aliphatic carbocycles. The number of guanidine groups is 1. The van der Waals surface area contributed by atoms with Crippen molar-refractivity contribution in [2.75, 3.05) is 26.2 Å². The van der Waals surface area contributed by atoms with E-state index in [4.69, 9.17) is 4.99 Å². The SMILES string of the molecule is CCCC(CCO)CNC(=NCC1(c2ccc(F)cc2)CC1)NCC.I. The first-order chi connectivity index (χ1) is 12.1. The van der Waals surface area contributed by atoms with Gasteiger partial charge in [-0.1, -0.05) is 25.5 Å². The van der Waals surface area contributed by atoms with Gasteiger partial charge in [-0.05, 0) is 56.2 Å². The van der Waals surface area contributed by atoms with E-state index in [0.29, 0.717) is 12.5 Å². The highest BCUT2D eigenvalue weighted by molar-refractivity contribution is 14.0. The van der Waals surface area contributed by atoms with Crippen molar-refractivity contribution in [3.8, 4) is 0 Å². The number of hydrogen-bond donors (Lipinski definition) is 3. The molecule has 1 unspecified atom stereocenters. The van der Waals surface area contributed by atoms with Gasteiger partial charge in [0.15, 0.2) is 5.96 Å². The molecule has 0 bridgehead atoms. The standard InChI is InChI=1S/C20H32FN3O.HI/c1-3-5-16(10-13-25)14-23-19(22-4-2)24-15-20(11-12-20)17-6-8-18(21)9-7-17;/h6-9,16,25H,3-5,10-15H2,1-2H3,(H2,22,23,24);1H. The van der Waals surface area contributed by atoms with Gasteiger partial charge in [-0.3, -0.25) is 4.99 Å². The maximum absolute atomic E-state index is 13.1. The molecule has 0 spiro atoms. The largest absolute Gasteiger partial charge is 0.396 e. The number of aliphatic hydroxyl groups excluding tert-OH is 1. The fourth-order valence-electron chi connectivity index (χ4n) is 3.24.